The van der Waals surface area contributed by atoms with Crippen LogP contribution in [0.2, 0.25) is 0 Å². The first-order valence-electron chi connectivity index (χ1n) is 7.17. The number of anilines is 1. The molecular formula is C15H20N4OS. The molecule has 1 aliphatic heterocycles. The second-order valence-electron chi connectivity index (χ2n) is 5.40. The highest BCUT2D eigenvalue weighted by atomic mass is 32.1. The van der Waals surface area contributed by atoms with E-state index in [1.165, 1.54) is 22.9 Å². The van der Waals surface area contributed by atoms with E-state index < -0.39 is 0 Å². The Morgan fingerprint density at radius 3 is 2.67 bits per heavy atom. The topological polar surface area (TPSA) is 41.5 Å². The van der Waals surface area contributed by atoms with E-state index in [-0.39, 0.29) is 0 Å². The van der Waals surface area contributed by atoms with Crippen molar-refractivity contribution in [1.82, 2.24) is 13.6 Å². The molecule has 3 rings (SSSR count). The average molecular weight is 304 g/mol. The van der Waals surface area contributed by atoms with Crippen LogP contribution in [0.25, 0.3) is 0 Å². The summed E-state index contributed by atoms with van der Waals surface area (Å²) in [6.07, 6.45) is 0. The zero-order valence-electron chi connectivity index (χ0n) is 12.5. The first kappa shape index (κ1) is 14.3. The highest BCUT2D eigenvalue weighted by molar-refractivity contribution is 6.99. The van der Waals surface area contributed by atoms with E-state index in [2.05, 4.69) is 44.7 Å². The fourth-order valence-corrected chi connectivity index (χ4v) is 2.92. The van der Waals surface area contributed by atoms with Crippen molar-refractivity contribution in [3.63, 3.8) is 0 Å². The maximum absolute atomic E-state index is 5.91. The Hall–Kier alpha value is -1.66. The molecule has 0 aliphatic carbocycles. The molecule has 0 N–H and O–H groups in total. The van der Waals surface area contributed by atoms with Crippen molar-refractivity contribution in [2.75, 3.05) is 38.1 Å². The normalized spacial score (nSPS) is 16.2. The first-order chi connectivity index (χ1) is 10.2. The average Bonchev–Trinajstić information content (AvgIpc) is 2.96. The molecule has 2 aromatic rings. The number of aromatic nitrogens is 2. The molecule has 5 nitrogen and oxygen atoms in total. The highest BCUT2D eigenvalue weighted by Gasteiger charge is 2.21. The summed E-state index contributed by atoms with van der Waals surface area (Å²) in [5.41, 5.74) is 2.43. The van der Waals surface area contributed by atoms with Crippen LogP contribution in [0.15, 0.2) is 24.3 Å². The van der Waals surface area contributed by atoms with Crippen molar-refractivity contribution >= 4 is 17.5 Å². The van der Waals surface area contributed by atoms with Gasteiger partial charge in [0.25, 0.3) is 5.88 Å². The van der Waals surface area contributed by atoms with Crippen LogP contribution in [-0.2, 0) is 6.61 Å². The number of nitrogens with zero attached hydrogens (tertiary/aromatic N) is 4. The van der Waals surface area contributed by atoms with Gasteiger partial charge in [0.05, 0.1) is 11.7 Å². The molecule has 21 heavy (non-hydrogen) atoms. The predicted molar refractivity (Wildman–Crippen MR) is 85.1 cm³/mol. The summed E-state index contributed by atoms with van der Waals surface area (Å²) >= 11 is 1.22. The lowest BCUT2D eigenvalue weighted by atomic mass is 10.1. The molecule has 0 unspecified atom stereocenters. The minimum Gasteiger partial charge on any atom is -0.470 e. The molecule has 1 aromatic heterocycles. The zero-order chi connectivity index (χ0) is 14.7. The van der Waals surface area contributed by atoms with Crippen molar-refractivity contribution in [2.45, 2.75) is 13.5 Å². The Morgan fingerprint density at radius 2 is 1.90 bits per heavy atom. The third-order valence-electron chi connectivity index (χ3n) is 3.87. The minimum atomic E-state index is 0.541. The van der Waals surface area contributed by atoms with Gasteiger partial charge in [0.1, 0.15) is 6.61 Å². The van der Waals surface area contributed by atoms with Gasteiger partial charge in [0.2, 0.25) is 5.82 Å². The van der Waals surface area contributed by atoms with Crippen LogP contribution >= 0.6 is 11.7 Å². The molecule has 0 atom stereocenters. The minimum absolute atomic E-state index is 0.541. The summed E-state index contributed by atoms with van der Waals surface area (Å²) in [7, 11) is 2.15. The van der Waals surface area contributed by atoms with Gasteiger partial charge in [-0.25, -0.2) is 0 Å². The van der Waals surface area contributed by atoms with Gasteiger partial charge in [-0.1, -0.05) is 24.3 Å². The Bertz CT molecular complexity index is 593. The number of piperazine rings is 1. The van der Waals surface area contributed by atoms with E-state index in [0.717, 1.165) is 32.0 Å². The smallest absolute Gasteiger partial charge is 0.271 e. The number of rotatable bonds is 4. The molecule has 0 spiro atoms. The van der Waals surface area contributed by atoms with Gasteiger partial charge in [-0.15, -0.1) is 4.37 Å². The lowest BCUT2D eigenvalue weighted by Gasteiger charge is -2.32. The van der Waals surface area contributed by atoms with Crippen molar-refractivity contribution in [2.24, 2.45) is 0 Å². The van der Waals surface area contributed by atoms with Gasteiger partial charge in [0.15, 0.2) is 0 Å². The van der Waals surface area contributed by atoms with Gasteiger partial charge in [0, 0.05) is 26.2 Å². The Labute approximate surface area is 129 Å². The third-order valence-corrected chi connectivity index (χ3v) is 4.37. The number of hydrogen-bond donors (Lipinski definition) is 0. The molecular weight excluding hydrogens is 284 g/mol. The lowest BCUT2D eigenvalue weighted by Crippen LogP contribution is -2.44. The summed E-state index contributed by atoms with van der Waals surface area (Å²) in [4.78, 5) is 4.58. The van der Waals surface area contributed by atoms with Crippen LogP contribution in [0.4, 0.5) is 5.82 Å². The quantitative estimate of drug-likeness (QED) is 0.866. The van der Waals surface area contributed by atoms with Crippen LogP contribution < -0.4 is 9.64 Å². The molecule has 112 valence electrons. The molecule has 1 fully saturated rings. The molecule has 0 saturated carbocycles. The molecule has 2 heterocycles. The highest BCUT2D eigenvalue weighted by Crippen LogP contribution is 2.27. The van der Waals surface area contributed by atoms with Crippen molar-refractivity contribution in [1.29, 1.82) is 0 Å². The SMILES string of the molecule is Cc1ccccc1COc1nsnc1N1CCN(C)CC1. The number of likely N-dealkylation sites (N-methyl/N-ethyl adjacent to an activating group) is 1. The Kier molecular flexibility index (Phi) is 4.36. The van der Waals surface area contributed by atoms with Gasteiger partial charge in [-0.2, -0.15) is 4.37 Å². The molecule has 1 saturated heterocycles. The van der Waals surface area contributed by atoms with Gasteiger partial charge in [-0.3, -0.25) is 0 Å². The monoisotopic (exact) mass is 304 g/mol. The maximum Gasteiger partial charge on any atom is 0.271 e. The lowest BCUT2D eigenvalue weighted by molar-refractivity contribution is 0.288. The fraction of sp³-hybridized carbons (Fsp3) is 0.467. The van der Waals surface area contributed by atoms with E-state index in [1.807, 2.05) is 12.1 Å². The summed E-state index contributed by atoms with van der Waals surface area (Å²) in [5, 5.41) is 0. The maximum atomic E-state index is 5.91. The molecule has 0 bridgehead atoms. The van der Waals surface area contributed by atoms with Crippen LogP contribution in [0, 0.1) is 6.92 Å². The summed E-state index contributed by atoms with van der Waals surface area (Å²) in [5.74, 6) is 1.55. The number of aryl methyl sites for hydroxylation is 1. The van der Waals surface area contributed by atoms with Gasteiger partial charge < -0.3 is 14.5 Å². The fourth-order valence-electron chi connectivity index (χ4n) is 2.40. The van der Waals surface area contributed by atoms with E-state index in [1.54, 1.807) is 0 Å². The molecule has 0 amide bonds. The van der Waals surface area contributed by atoms with E-state index in [9.17, 15) is 0 Å². The second-order valence-corrected chi connectivity index (χ2v) is 5.93. The number of ether oxygens (including phenoxy) is 1. The van der Waals surface area contributed by atoms with Gasteiger partial charge >= 0.3 is 0 Å². The third kappa shape index (κ3) is 3.33. The van der Waals surface area contributed by atoms with Crippen LogP contribution in [0.3, 0.4) is 0 Å². The van der Waals surface area contributed by atoms with Crippen LogP contribution in [-0.4, -0.2) is 46.9 Å². The summed E-state index contributed by atoms with van der Waals surface area (Å²) < 4.78 is 14.6. The van der Waals surface area contributed by atoms with Crippen molar-refractivity contribution in [3.05, 3.63) is 35.4 Å². The molecule has 6 heteroatoms. The van der Waals surface area contributed by atoms with E-state index >= 15 is 0 Å². The van der Waals surface area contributed by atoms with Crippen LogP contribution in [0.5, 0.6) is 5.88 Å². The van der Waals surface area contributed by atoms with Crippen molar-refractivity contribution < 1.29 is 4.74 Å². The molecule has 0 radical (unpaired) electrons. The van der Waals surface area contributed by atoms with Gasteiger partial charge in [-0.05, 0) is 25.1 Å². The molecule has 1 aromatic carbocycles. The Morgan fingerprint density at radius 1 is 1.14 bits per heavy atom. The first-order valence-corrected chi connectivity index (χ1v) is 7.90. The molecule has 1 aliphatic rings. The number of hydrogen-bond acceptors (Lipinski definition) is 6. The predicted octanol–water partition coefficient (Wildman–Crippen LogP) is 2.18. The van der Waals surface area contributed by atoms with E-state index in [0.29, 0.717) is 12.5 Å². The van der Waals surface area contributed by atoms with E-state index in [4.69, 9.17) is 4.74 Å². The zero-order valence-corrected chi connectivity index (χ0v) is 13.3. The summed E-state index contributed by atoms with van der Waals surface area (Å²) in [6, 6.07) is 8.26. The largest absolute Gasteiger partial charge is 0.470 e. The second kappa shape index (κ2) is 6.41. The number of benzene rings is 1. The van der Waals surface area contributed by atoms with Crippen LogP contribution in [0.1, 0.15) is 11.1 Å². The Balaban J connectivity index is 1.67. The summed E-state index contributed by atoms with van der Waals surface area (Å²) in [6.45, 7) is 6.69. The van der Waals surface area contributed by atoms with Crippen molar-refractivity contribution in [3.8, 4) is 5.88 Å². The standard InChI is InChI=1S/C15H20N4OS/c1-12-5-3-4-6-13(12)11-20-15-14(16-21-17-15)19-9-7-18(2)8-10-19/h3-6H,7-11H2,1-2H3.